The highest BCUT2D eigenvalue weighted by Gasteiger charge is 2.49. The Balaban J connectivity index is 1.58. The molecular formula is C39H52OSi. The van der Waals surface area contributed by atoms with Gasteiger partial charge in [-0.2, -0.15) is 0 Å². The molecule has 0 aromatic heterocycles. The second-order valence-electron chi connectivity index (χ2n) is 12.2. The van der Waals surface area contributed by atoms with Crippen molar-refractivity contribution in [2.24, 2.45) is 5.92 Å². The minimum Gasteiger partial charge on any atom is -0.407 e. The van der Waals surface area contributed by atoms with Crippen LogP contribution in [0.5, 0.6) is 0 Å². The Hall–Kier alpha value is -2.86. The lowest BCUT2D eigenvalue weighted by molar-refractivity contribution is 0.304. The first-order valence-corrected chi connectivity index (χ1v) is 17.8. The summed E-state index contributed by atoms with van der Waals surface area (Å²) in [5.41, 5.74) is 1.40. The van der Waals surface area contributed by atoms with E-state index >= 15 is 0 Å². The molecule has 0 saturated carbocycles. The molecule has 41 heavy (non-hydrogen) atoms. The fraction of sp³-hybridized carbons (Fsp3) is 0.436. The summed E-state index contributed by atoms with van der Waals surface area (Å²) in [5.74, 6) is 7.54. The van der Waals surface area contributed by atoms with Crippen molar-refractivity contribution in [2.45, 2.75) is 96.9 Å². The van der Waals surface area contributed by atoms with E-state index < -0.39 is 8.32 Å². The quantitative estimate of drug-likeness (QED) is 0.0728. The molecule has 3 aromatic carbocycles. The van der Waals surface area contributed by atoms with Crippen molar-refractivity contribution >= 4 is 18.7 Å². The van der Waals surface area contributed by atoms with Crippen molar-refractivity contribution in [3.05, 3.63) is 109 Å². The molecule has 0 spiro atoms. The summed E-state index contributed by atoms with van der Waals surface area (Å²) in [5, 5.41) is 2.68. The van der Waals surface area contributed by atoms with Gasteiger partial charge in [0.1, 0.15) is 0 Å². The number of rotatable bonds is 16. The van der Waals surface area contributed by atoms with E-state index in [0.717, 1.165) is 19.3 Å². The predicted molar refractivity (Wildman–Crippen MR) is 181 cm³/mol. The Morgan fingerprint density at radius 1 is 0.732 bits per heavy atom. The van der Waals surface area contributed by atoms with Crippen molar-refractivity contribution in [3.8, 4) is 11.8 Å². The number of hydrogen-bond donors (Lipinski definition) is 0. The van der Waals surface area contributed by atoms with Gasteiger partial charge in [-0.1, -0.05) is 181 Å². The standard InChI is InChI=1S/C39H52OSi/c1-5-6-7-8-10-16-25-35(34-36-27-18-13-19-28-36)26-17-11-9-12-24-33-40-41(39(2,3)4,37-29-20-14-21-30-37)38-31-22-15-23-32-38/h9,12-15,18-23,27-32,35H,5-8,10-11,16,24-25,33-34H2,1-4H3/b12-9+. The van der Waals surface area contributed by atoms with Gasteiger partial charge in [0, 0.05) is 18.9 Å². The van der Waals surface area contributed by atoms with Crippen molar-refractivity contribution in [2.75, 3.05) is 6.61 Å². The Bertz CT molecular complexity index is 1140. The molecule has 0 bridgehead atoms. The van der Waals surface area contributed by atoms with Gasteiger partial charge < -0.3 is 4.43 Å². The van der Waals surface area contributed by atoms with Gasteiger partial charge in [-0.25, -0.2) is 0 Å². The summed E-state index contributed by atoms with van der Waals surface area (Å²) in [4.78, 5) is 0. The Labute approximate surface area is 252 Å². The monoisotopic (exact) mass is 564 g/mol. The molecule has 3 rings (SSSR count). The maximum Gasteiger partial charge on any atom is 0.261 e. The SMILES string of the molecule is CCCCCCCCC(C#CC/C=C/CCO[Si](c1ccccc1)(c1ccccc1)C(C)(C)C)Cc1ccccc1. The van der Waals surface area contributed by atoms with Crippen LogP contribution >= 0.6 is 0 Å². The van der Waals surface area contributed by atoms with Crippen LogP contribution in [0.25, 0.3) is 0 Å². The average Bonchev–Trinajstić information content (AvgIpc) is 2.99. The summed E-state index contributed by atoms with van der Waals surface area (Å²) in [6.07, 6.45) is 16.5. The molecule has 0 aliphatic heterocycles. The van der Waals surface area contributed by atoms with Crippen LogP contribution in [-0.2, 0) is 10.8 Å². The molecular weight excluding hydrogens is 513 g/mol. The molecule has 0 aliphatic rings. The van der Waals surface area contributed by atoms with E-state index in [1.807, 2.05) is 0 Å². The zero-order chi connectivity index (χ0) is 29.2. The van der Waals surface area contributed by atoms with E-state index in [1.165, 1.54) is 60.9 Å². The van der Waals surface area contributed by atoms with Gasteiger partial charge in [-0.05, 0) is 40.2 Å². The number of allylic oxidation sites excluding steroid dienone is 1. The lowest BCUT2D eigenvalue weighted by Crippen LogP contribution is -2.66. The van der Waals surface area contributed by atoms with Crippen LogP contribution in [0, 0.1) is 17.8 Å². The first kappa shape index (κ1) is 32.6. The highest BCUT2D eigenvalue weighted by atomic mass is 28.4. The summed E-state index contributed by atoms with van der Waals surface area (Å²) in [6, 6.07) is 32.6. The average molecular weight is 565 g/mol. The van der Waals surface area contributed by atoms with E-state index in [9.17, 15) is 0 Å². The summed E-state index contributed by atoms with van der Waals surface area (Å²) < 4.78 is 7.01. The molecule has 0 saturated heterocycles. The topological polar surface area (TPSA) is 9.23 Å². The third kappa shape index (κ3) is 10.5. The third-order valence-corrected chi connectivity index (χ3v) is 13.0. The van der Waals surface area contributed by atoms with Crippen LogP contribution in [0.4, 0.5) is 0 Å². The van der Waals surface area contributed by atoms with Crippen molar-refractivity contribution in [1.82, 2.24) is 0 Å². The van der Waals surface area contributed by atoms with Crippen molar-refractivity contribution in [1.29, 1.82) is 0 Å². The summed E-state index contributed by atoms with van der Waals surface area (Å²) in [7, 11) is -2.46. The van der Waals surface area contributed by atoms with Crippen LogP contribution in [0.3, 0.4) is 0 Å². The maximum atomic E-state index is 7.01. The third-order valence-electron chi connectivity index (χ3n) is 7.94. The molecule has 1 unspecified atom stereocenters. The first-order valence-electron chi connectivity index (χ1n) is 15.9. The molecule has 0 heterocycles. The Morgan fingerprint density at radius 2 is 1.29 bits per heavy atom. The highest BCUT2D eigenvalue weighted by molar-refractivity contribution is 6.99. The van der Waals surface area contributed by atoms with Crippen LogP contribution in [0.2, 0.25) is 5.04 Å². The van der Waals surface area contributed by atoms with E-state index in [4.69, 9.17) is 4.43 Å². The summed E-state index contributed by atoms with van der Waals surface area (Å²) >= 11 is 0. The van der Waals surface area contributed by atoms with Crippen LogP contribution in [0.1, 0.15) is 91.0 Å². The largest absolute Gasteiger partial charge is 0.407 e. The Kier molecular flexibility index (Phi) is 14.2. The lowest BCUT2D eigenvalue weighted by Gasteiger charge is -2.43. The zero-order valence-corrected chi connectivity index (χ0v) is 27.1. The van der Waals surface area contributed by atoms with E-state index in [0.29, 0.717) is 12.5 Å². The molecule has 1 nitrogen and oxygen atoms in total. The van der Waals surface area contributed by atoms with Gasteiger partial charge in [0.15, 0.2) is 0 Å². The van der Waals surface area contributed by atoms with Crippen LogP contribution in [-0.4, -0.2) is 14.9 Å². The van der Waals surface area contributed by atoms with Gasteiger partial charge in [0.2, 0.25) is 0 Å². The minimum atomic E-state index is -2.46. The van der Waals surface area contributed by atoms with E-state index in [2.05, 4.69) is 143 Å². The molecule has 0 radical (unpaired) electrons. The molecule has 2 heteroatoms. The normalized spacial score (nSPS) is 12.7. The second-order valence-corrected chi connectivity index (χ2v) is 16.5. The molecule has 0 aliphatic carbocycles. The maximum absolute atomic E-state index is 7.01. The van der Waals surface area contributed by atoms with Crippen LogP contribution < -0.4 is 10.4 Å². The predicted octanol–water partition coefficient (Wildman–Crippen LogP) is 9.51. The van der Waals surface area contributed by atoms with E-state index in [-0.39, 0.29) is 5.04 Å². The number of benzene rings is 3. The number of hydrogen-bond acceptors (Lipinski definition) is 1. The Morgan fingerprint density at radius 3 is 1.88 bits per heavy atom. The molecule has 218 valence electrons. The van der Waals surface area contributed by atoms with Gasteiger partial charge in [-0.15, -0.1) is 0 Å². The molecule has 0 fully saturated rings. The van der Waals surface area contributed by atoms with Gasteiger partial charge in [0.05, 0.1) is 0 Å². The molecule has 1 atom stereocenters. The van der Waals surface area contributed by atoms with Crippen LogP contribution in [0.15, 0.2) is 103 Å². The fourth-order valence-electron chi connectivity index (χ4n) is 5.80. The van der Waals surface area contributed by atoms with Crippen molar-refractivity contribution < 1.29 is 4.43 Å². The lowest BCUT2D eigenvalue weighted by atomic mass is 9.93. The van der Waals surface area contributed by atoms with Gasteiger partial charge in [0.25, 0.3) is 8.32 Å². The first-order chi connectivity index (χ1) is 20.0. The fourth-order valence-corrected chi connectivity index (χ4v) is 10.4. The van der Waals surface area contributed by atoms with E-state index in [1.54, 1.807) is 0 Å². The zero-order valence-electron chi connectivity index (χ0n) is 26.1. The van der Waals surface area contributed by atoms with Gasteiger partial charge in [-0.3, -0.25) is 0 Å². The van der Waals surface area contributed by atoms with Gasteiger partial charge >= 0.3 is 0 Å². The summed E-state index contributed by atoms with van der Waals surface area (Å²) in [6.45, 7) is 10.0. The molecule has 0 N–H and O–H groups in total. The minimum absolute atomic E-state index is 0.00859. The molecule has 3 aromatic rings. The number of unbranched alkanes of at least 4 members (excludes halogenated alkanes) is 5. The second kappa shape index (κ2) is 17.8. The smallest absolute Gasteiger partial charge is 0.261 e. The molecule has 0 amide bonds. The van der Waals surface area contributed by atoms with Crippen molar-refractivity contribution in [3.63, 3.8) is 0 Å². The highest BCUT2D eigenvalue weighted by Crippen LogP contribution is 2.36.